The predicted molar refractivity (Wildman–Crippen MR) is 73.6 cm³/mol. The van der Waals surface area contributed by atoms with Crippen LogP contribution in [0.25, 0.3) is 0 Å². The van der Waals surface area contributed by atoms with Gasteiger partial charge in [-0.2, -0.15) is 0 Å². The van der Waals surface area contributed by atoms with Crippen molar-refractivity contribution in [3.63, 3.8) is 0 Å². The van der Waals surface area contributed by atoms with Gasteiger partial charge in [-0.25, -0.2) is 0 Å². The molecule has 5 heteroatoms. The number of amides is 1. The van der Waals surface area contributed by atoms with Gasteiger partial charge >= 0.3 is 0 Å². The van der Waals surface area contributed by atoms with Gasteiger partial charge < -0.3 is 16.3 Å². The standard InChI is InChI=1S/C13H27N3O2/c1-6-12(5,7-2)15-11(17)13(8-3,9-4)10(14)16-18/h18H,6-9H2,1-5H3,(H2,14,16)(H,15,17). The third-order valence-electron chi connectivity index (χ3n) is 4.22. The summed E-state index contributed by atoms with van der Waals surface area (Å²) in [6.07, 6.45) is 2.70. The first-order valence-electron chi connectivity index (χ1n) is 6.66. The molecule has 0 radical (unpaired) electrons. The molecule has 0 aromatic carbocycles. The minimum absolute atomic E-state index is 0.0143. The Labute approximate surface area is 110 Å². The highest BCUT2D eigenvalue weighted by atomic mass is 16.4. The zero-order valence-electron chi connectivity index (χ0n) is 12.2. The Bertz CT molecular complexity index is 305. The fraction of sp³-hybridized carbons (Fsp3) is 0.846. The monoisotopic (exact) mass is 257 g/mol. The van der Waals surface area contributed by atoms with E-state index in [0.717, 1.165) is 12.8 Å². The number of carbonyl (C=O) groups excluding carboxylic acids is 1. The topological polar surface area (TPSA) is 87.7 Å². The van der Waals surface area contributed by atoms with Crippen molar-refractivity contribution >= 4 is 11.7 Å². The van der Waals surface area contributed by atoms with Gasteiger partial charge in [0.05, 0.1) is 0 Å². The SMILES string of the molecule is CCC(C)(CC)NC(=O)C(CC)(CC)C(N)=NO. The summed E-state index contributed by atoms with van der Waals surface area (Å²) in [5, 5.41) is 15.0. The van der Waals surface area contributed by atoms with Crippen LogP contribution >= 0.6 is 0 Å². The van der Waals surface area contributed by atoms with Crippen LogP contribution in [-0.2, 0) is 4.79 Å². The molecule has 0 bridgehead atoms. The normalized spacial score (nSPS) is 13.5. The largest absolute Gasteiger partial charge is 0.409 e. The van der Waals surface area contributed by atoms with Crippen molar-refractivity contribution in [1.82, 2.24) is 5.32 Å². The quantitative estimate of drug-likeness (QED) is 0.283. The smallest absolute Gasteiger partial charge is 0.234 e. The van der Waals surface area contributed by atoms with Gasteiger partial charge in [-0.3, -0.25) is 4.79 Å². The van der Waals surface area contributed by atoms with E-state index in [2.05, 4.69) is 10.5 Å². The van der Waals surface area contributed by atoms with Crippen LogP contribution in [0.3, 0.4) is 0 Å². The van der Waals surface area contributed by atoms with Gasteiger partial charge in [-0.1, -0.05) is 32.9 Å². The van der Waals surface area contributed by atoms with E-state index in [0.29, 0.717) is 12.8 Å². The third kappa shape index (κ3) is 3.15. The molecule has 0 aliphatic carbocycles. The lowest BCUT2D eigenvalue weighted by atomic mass is 9.79. The molecule has 0 unspecified atom stereocenters. The molecule has 0 saturated heterocycles. The lowest BCUT2D eigenvalue weighted by Gasteiger charge is -2.35. The van der Waals surface area contributed by atoms with Gasteiger partial charge in [0.15, 0.2) is 5.84 Å². The highest BCUT2D eigenvalue weighted by molar-refractivity contribution is 6.06. The summed E-state index contributed by atoms with van der Waals surface area (Å²) in [7, 11) is 0. The van der Waals surface area contributed by atoms with Crippen LogP contribution in [0.2, 0.25) is 0 Å². The summed E-state index contributed by atoms with van der Waals surface area (Å²) in [5.41, 5.74) is 4.55. The minimum atomic E-state index is -0.916. The predicted octanol–water partition coefficient (Wildman–Crippen LogP) is 2.23. The fourth-order valence-corrected chi connectivity index (χ4v) is 1.97. The van der Waals surface area contributed by atoms with E-state index in [1.165, 1.54) is 0 Å². The van der Waals surface area contributed by atoms with E-state index in [9.17, 15) is 4.79 Å². The molecule has 18 heavy (non-hydrogen) atoms. The van der Waals surface area contributed by atoms with Gasteiger partial charge in [0.2, 0.25) is 5.91 Å². The molecule has 1 amide bonds. The van der Waals surface area contributed by atoms with E-state index in [1.807, 2.05) is 34.6 Å². The van der Waals surface area contributed by atoms with Gasteiger partial charge in [0.25, 0.3) is 0 Å². The molecule has 0 aromatic rings. The van der Waals surface area contributed by atoms with Crippen molar-refractivity contribution in [3.05, 3.63) is 0 Å². The number of nitrogens with two attached hydrogens (primary N) is 1. The van der Waals surface area contributed by atoms with E-state index >= 15 is 0 Å². The van der Waals surface area contributed by atoms with Gasteiger partial charge in [-0.15, -0.1) is 0 Å². The average molecular weight is 257 g/mol. The number of hydrogen-bond donors (Lipinski definition) is 3. The Balaban J connectivity index is 5.24. The van der Waals surface area contributed by atoms with Crippen molar-refractivity contribution in [2.24, 2.45) is 16.3 Å². The van der Waals surface area contributed by atoms with E-state index in [1.54, 1.807) is 0 Å². The number of nitrogens with one attached hydrogen (secondary N) is 1. The third-order valence-corrected chi connectivity index (χ3v) is 4.22. The lowest BCUT2D eigenvalue weighted by molar-refractivity contribution is -0.130. The molecule has 5 nitrogen and oxygen atoms in total. The molecule has 0 atom stereocenters. The molecule has 0 rings (SSSR count). The van der Waals surface area contributed by atoms with Crippen LogP contribution in [-0.4, -0.2) is 22.5 Å². The highest BCUT2D eigenvalue weighted by Gasteiger charge is 2.41. The summed E-state index contributed by atoms with van der Waals surface area (Å²) in [4.78, 5) is 12.5. The zero-order chi connectivity index (χ0) is 14.4. The fourth-order valence-electron chi connectivity index (χ4n) is 1.97. The summed E-state index contributed by atoms with van der Waals surface area (Å²) in [5.74, 6) is -0.173. The van der Waals surface area contributed by atoms with Gasteiger partial charge in [-0.05, 0) is 32.6 Å². The second kappa shape index (κ2) is 6.61. The maximum atomic E-state index is 12.5. The number of hydrogen-bond acceptors (Lipinski definition) is 3. The van der Waals surface area contributed by atoms with Crippen LogP contribution in [0.5, 0.6) is 0 Å². The minimum Gasteiger partial charge on any atom is -0.409 e. The zero-order valence-corrected chi connectivity index (χ0v) is 12.2. The van der Waals surface area contributed by atoms with Crippen LogP contribution < -0.4 is 11.1 Å². The second-order valence-electron chi connectivity index (χ2n) is 5.00. The molecular formula is C13H27N3O2. The van der Waals surface area contributed by atoms with E-state index in [-0.39, 0.29) is 17.3 Å². The number of rotatable bonds is 7. The first-order chi connectivity index (χ1) is 8.35. The first-order valence-corrected chi connectivity index (χ1v) is 6.66. The Morgan fingerprint density at radius 1 is 1.17 bits per heavy atom. The Hall–Kier alpha value is -1.26. The van der Waals surface area contributed by atoms with Crippen LogP contribution in [0.1, 0.15) is 60.3 Å². The molecule has 0 aliphatic heterocycles. The molecule has 0 heterocycles. The maximum absolute atomic E-state index is 12.5. The number of nitrogens with zero attached hydrogens (tertiary/aromatic N) is 1. The maximum Gasteiger partial charge on any atom is 0.234 e. The highest BCUT2D eigenvalue weighted by Crippen LogP contribution is 2.29. The van der Waals surface area contributed by atoms with Crippen molar-refractivity contribution < 1.29 is 10.0 Å². The molecule has 0 fully saturated rings. The Kier molecular flexibility index (Phi) is 6.15. The molecule has 106 valence electrons. The average Bonchev–Trinajstić information content (AvgIpc) is 2.40. The molecule has 0 aliphatic rings. The molecule has 0 aromatic heterocycles. The van der Waals surface area contributed by atoms with Crippen molar-refractivity contribution in [2.45, 2.75) is 65.8 Å². The summed E-state index contributed by atoms with van der Waals surface area (Å²) in [6.45, 7) is 9.82. The molecule has 4 N–H and O–H groups in total. The van der Waals surface area contributed by atoms with Gasteiger partial charge in [0.1, 0.15) is 5.41 Å². The van der Waals surface area contributed by atoms with Crippen molar-refractivity contribution in [2.75, 3.05) is 0 Å². The van der Waals surface area contributed by atoms with Crippen LogP contribution in [0, 0.1) is 5.41 Å². The van der Waals surface area contributed by atoms with Crippen molar-refractivity contribution in [1.29, 1.82) is 0 Å². The second-order valence-corrected chi connectivity index (χ2v) is 5.00. The molecular weight excluding hydrogens is 230 g/mol. The molecule has 0 spiro atoms. The van der Waals surface area contributed by atoms with Gasteiger partial charge in [0, 0.05) is 5.54 Å². The summed E-state index contributed by atoms with van der Waals surface area (Å²) < 4.78 is 0. The Morgan fingerprint density at radius 3 is 1.89 bits per heavy atom. The van der Waals surface area contributed by atoms with E-state index in [4.69, 9.17) is 10.9 Å². The van der Waals surface area contributed by atoms with Crippen molar-refractivity contribution in [3.8, 4) is 0 Å². The Morgan fingerprint density at radius 2 is 1.61 bits per heavy atom. The summed E-state index contributed by atoms with van der Waals surface area (Å²) in [6, 6.07) is 0. The van der Waals surface area contributed by atoms with E-state index < -0.39 is 5.41 Å². The lowest BCUT2D eigenvalue weighted by Crippen LogP contribution is -2.55. The summed E-state index contributed by atoms with van der Waals surface area (Å²) >= 11 is 0. The van der Waals surface area contributed by atoms with Crippen LogP contribution in [0.4, 0.5) is 0 Å². The molecule has 0 saturated carbocycles. The first kappa shape index (κ1) is 16.7. The number of amidine groups is 1. The van der Waals surface area contributed by atoms with Crippen LogP contribution in [0.15, 0.2) is 5.16 Å². The number of oxime groups is 1. The number of carbonyl (C=O) groups is 1.